The van der Waals surface area contributed by atoms with Gasteiger partial charge in [-0.3, -0.25) is 9.88 Å². The van der Waals surface area contributed by atoms with E-state index in [0.29, 0.717) is 16.7 Å². The van der Waals surface area contributed by atoms with Crippen molar-refractivity contribution in [3.63, 3.8) is 0 Å². The Morgan fingerprint density at radius 1 is 1.17 bits per heavy atom. The van der Waals surface area contributed by atoms with Crippen LogP contribution in [0.15, 0.2) is 47.7 Å². The molecule has 2 heterocycles. The maximum atomic E-state index is 6.03. The highest BCUT2D eigenvalue weighted by Crippen LogP contribution is 2.25. The summed E-state index contributed by atoms with van der Waals surface area (Å²) in [5.74, 6) is 0.811. The van der Waals surface area contributed by atoms with Crippen molar-refractivity contribution >= 4 is 40.1 Å². The molecule has 1 aromatic carbocycles. The molecule has 4 nitrogen and oxygen atoms in total. The van der Waals surface area contributed by atoms with Crippen molar-refractivity contribution in [3.05, 3.63) is 63.9 Å². The smallest absolute Gasteiger partial charge is 0.159 e. The van der Waals surface area contributed by atoms with Gasteiger partial charge in [0.1, 0.15) is 0 Å². The highest BCUT2D eigenvalue weighted by Gasteiger charge is 2.13. The van der Waals surface area contributed by atoms with Crippen LogP contribution >= 0.6 is 35.0 Å². The van der Waals surface area contributed by atoms with Crippen LogP contribution in [0.5, 0.6) is 0 Å². The monoisotopic (exact) mass is 366 g/mol. The third-order valence-electron chi connectivity index (χ3n) is 3.36. The molecular weight excluding hydrogens is 351 g/mol. The SMILES string of the molecule is Clc1ccc(CSC2=NCN(Cc3cccnc3)CN2)cc1Cl. The Labute approximate surface area is 149 Å². The molecule has 0 fully saturated rings. The molecule has 0 amide bonds. The van der Waals surface area contributed by atoms with Gasteiger partial charge in [-0.05, 0) is 29.3 Å². The first-order valence-corrected chi connectivity index (χ1v) is 8.91. The molecule has 0 atom stereocenters. The van der Waals surface area contributed by atoms with Gasteiger partial charge in [-0.2, -0.15) is 0 Å². The minimum Gasteiger partial charge on any atom is -0.352 e. The van der Waals surface area contributed by atoms with Gasteiger partial charge in [0.15, 0.2) is 5.17 Å². The third kappa shape index (κ3) is 4.85. The predicted molar refractivity (Wildman–Crippen MR) is 97.8 cm³/mol. The number of nitrogens with one attached hydrogen (secondary N) is 1. The molecule has 0 bridgehead atoms. The van der Waals surface area contributed by atoms with Crippen molar-refractivity contribution in [1.29, 1.82) is 0 Å². The number of benzene rings is 1. The number of hydrogen-bond donors (Lipinski definition) is 1. The molecule has 0 saturated carbocycles. The zero-order chi connectivity index (χ0) is 16.1. The summed E-state index contributed by atoms with van der Waals surface area (Å²) in [5, 5.41) is 5.47. The van der Waals surface area contributed by atoms with E-state index in [2.05, 4.69) is 26.3 Å². The highest BCUT2D eigenvalue weighted by atomic mass is 35.5. The number of halogens is 2. The van der Waals surface area contributed by atoms with Crippen LogP contribution < -0.4 is 5.32 Å². The molecule has 0 spiro atoms. The first-order chi connectivity index (χ1) is 11.2. The lowest BCUT2D eigenvalue weighted by molar-refractivity contribution is 0.258. The predicted octanol–water partition coefficient (Wildman–Crippen LogP) is 4.00. The van der Waals surface area contributed by atoms with Gasteiger partial charge in [-0.15, -0.1) is 0 Å². The molecule has 0 aliphatic carbocycles. The second-order valence-electron chi connectivity index (χ2n) is 5.17. The van der Waals surface area contributed by atoms with E-state index in [1.54, 1.807) is 18.0 Å². The standard InChI is InChI=1S/C16H16Cl2N4S/c17-14-4-3-12(6-15(14)18)9-23-16-20-10-22(11-21-16)8-13-2-1-5-19-7-13/h1-7H,8-11H2,(H,20,21). The molecule has 1 N–H and O–H groups in total. The number of nitrogens with zero attached hydrogens (tertiary/aromatic N) is 3. The first-order valence-electron chi connectivity index (χ1n) is 7.17. The average molecular weight is 367 g/mol. The Hall–Kier alpha value is -1.27. The highest BCUT2D eigenvalue weighted by molar-refractivity contribution is 8.13. The van der Waals surface area contributed by atoms with E-state index in [9.17, 15) is 0 Å². The summed E-state index contributed by atoms with van der Waals surface area (Å²) in [6.45, 7) is 2.31. The van der Waals surface area contributed by atoms with Crippen LogP contribution in [-0.2, 0) is 12.3 Å². The Kier molecular flexibility index (Phi) is 5.78. The van der Waals surface area contributed by atoms with Gasteiger partial charge in [0.25, 0.3) is 0 Å². The number of pyridine rings is 1. The van der Waals surface area contributed by atoms with Crippen LogP contribution in [0.2, 0.25) is 10.0 Å². The van der Waals surface area contributed by atoms with Crippen LogP contribution in [-0.4, -0.2) is 28.4 Å². The zero-order valence-corrected chi connectivity index (χ0v) is 14.7. The first kappa shape index (κ1) is 16.6. The van der Waals surface area contributed by atoms with E-state index in [0.717, 1.165) is 29.7 Å². The largest absolute Gasteiger partial charge is 0.352 e. The molecule has 1 aromatic heterocycles. The fourth-order valence-electron chi connectivity index (χ4n) is 2.18. The average Bonchev–Trinajstić information content (AvgIpc) is 2.58. The van der Waals surface area contributed by atoms with E-state index >= 15 is 0 Å². The summed E-state index contributed by atoms with van der Waals surface area (Å²) < 4.78 is 0. The van der Waals surface area contributed by atoms with Gasteiger partial charge < -0.3 is 5.32 Å². The number of amidine groups is 1. The summed E-state index contributed by atoms with van der Waals surface area (Å²) in [6.07, 6.45) is 3.67. The van der Waals surface area contributed by atoms with Crippen molar-refractivity contribution in [3.8, 4) is 0 Å². The lowest BCUT2D eigenvalue weighted by Crippen LogP contribution is -2.41. The Bertz CT molecular complexity index is 694. The minimum atomic E-state index is 0.583. The molecule has 1 aliphatic heterocycles. The van der Waals surface area contributed by atoms with Crippen molar-refractivity contribution in [2.75, 3.05) is 13.3 Å². The molecule has 0 saturated heterocycles. The van der Waals surface area contributed by atoms with Crippen molar-refractivity contribution in [2.24, 2.45) is 4.99 Å². The van der Waals surface area contributed by atoms with E-state index in [1.165, 1.54) is 5.56 Å². The fraction of sp³-hybridized carbons (Fsp3) is 0.250. The molecular formula is C16H16Cl2N4S. The van der Waals surface area contributed by atoms with Crippen LogP contribution in [0.3, 0.4) is 0 Å². The third-order valence-corrected chi connectivity index (χ3v) is 5.12. The van der Waals surface area contributed by atoms with Crippen molar-refractivity contribution in [2.45, 2.75) is 12.3 Å². The number of hydrogen-bond acceptors (Lipinski definition) is 5. The molecule has 1 aliphatic rings. The second kappa shape index (κ2) is 8.02. The van der Waals surface area contributed by atoms with Gasteiger partial charge in [0.2, 0.25) is 0 Å². The van der Waals surface area contributed by atoms with Gasteiger partial charge in [-0.25, -0.2) is 4.99 Å². The molecule has 0 unspecified atom stereocenters. The second-order valence-corrected chi connectivity index (χ2v) is 6.95. The number of thioether (sulfide) groups is 1. The molecule has 7 heteroatoms. The molecule has 23 heavy (non-hydrogen) atoms. The molecule has 0 radical (unpaired) electrons. The van der Waals surface area contributed by atoms with E-state index in [-0.39, 0.29) is 0 Å². The van der Waals surface area contributed by atoms with Crippen molar-refractivity contribution < 1.29 is 0 Å². The summed E-state index contributed by atoms with van der Waals surface area (Å²) in [6, 6.07) is 9.74. The van der Waals surface area contributed by atoms with Crippen LogP contribution in [0.1, 0.15) is 11.1 Å². The minimum absolute atomic E-state index is 0.583. The zero-order valence-electron chi connectivity index (χ0n) is 12.4. The Morgan fingerprint density at radius 3 is 2.78 bits per heavy atom. The summed E-state index contributed by atoms with van der Waals surface area (Å²) in [5.41, 5.74) is 2.32. The van der Waals surface area contributed by atoms with Gasteiger partial charge in [0.05, 0.1) is 23.4 Å². The molecule has 3 rings (SSSR count). The lowest BCUT2D eigenvalue weighted by atomic mass is 10.2. The van der Waals surface area contributed by atoms with Gasteiger partial charge in [0, 0.05) is 24.7 Å². The van der Waals surface area contributed by atoms with Crippen molar-refractivity contribution in [1.82, 2.24) is 15.2 Å². The molecule has 2 aromatic rings. The summed E-state index contributed by atoms with van der Waals surface area (Å²) >= 11 is 13.6. The fourth-order valence-corrected chi connectivity index (χ4v) is 3.30. The number of aliphatic imine (C=N–C) groups is 1. The maximum absolute atomic E-state index is 6.03. The quantitative estimate of drug-likeness (QED) is 0.887. The molecule has 120 valence electrons. The van der Waals surface area contributed by atoms with Crippen LogP contribution in [0.4, 0.5) is 0 Å². The maximum Gasteiger partial charge on any atom is 0.159 e. The Morgan fingerprint density at radius 2 is 2.09 bits per heavy atom. The van der Waals surface area contributed by atoms with E-state index in [4.69, 9.17) is 23.2 Å². The lowest BCUT2D eigenvalue weighted by Gasteiger charge is -2.26. The topological polar surface area (TPSA) is 40.5 Å². The van der Waals surface area contributed by atoms with Gasteiger partial charge in [-0.1, -0.05) is 47.1 Å². The normalized spacial score (nSPS) is 15.1. The number of aromatic nitrogens is 1. The van der Waals surface area contributed by atoms with Crippen LogP contribution in [0, 0.1) is 0 Å². The van der Waals surface area contributed by atoms with Crippen LogP contribution in [0.25, 0.3) is 0 Å². The van der Waals surface area contributed by atoms with Gasteiger partial charge >= 0.3 is 0 Å². The summed E-state index contributed by atoms with van der Waals surface area (Å²) in [4.78, 5) is 10.9. The van der Waals surface area contributed by atoms with E-state index in [1.807, 2.05) is 30.5 Å². The Balaban J connectivity index is 1.50. The van der Waals surface area contributed by atoms with E-state index < -0.39 is 0 Å². The number of rotatable bonds is 4. The summed E-state index contributed by atoms with van der Waals surface area (Å²) in [7, 11) is 0.